The van der Waals surface area contributed by atoms with Crippen LogP contribution in [0.5, 0.6) is 0 Å². The number of likely N-dealkylation sites (N-methyl/N-ethyl adjacent to an activating group) is 1. The molecule has 2 fully saturated rings. The van der Waals surface area contributed by atoms with Gasteiger partial charge in [-0.3, -0.25) is 4.79 Å². The number of thioether (sulfide) groups is 1. The van der Waals surface area contributed by atoms with Crippen LogP contribution in [0.15, 0.2) is 24.3 Å². The van der Waals surface area contributed by atoms with Crippen molar-refractivity contribution in [2.24, 2.45) is 0 Å². The van der Waals surface area contributed by atoms with Crippen LogP contribution in [-0.2, 0) is 4.79 Å². The van der Waals surface area contributed by atoms with Gasteiger partial charge >= 0.3 is 0 Å². The standard InChI is InChI=1S/C17H24FN3OS/c1-19-9-11-20(12-10-19)7-2-8-21-16(22)13-23-17(21)14-3-5-15(18)6-4-14/h3-6,17H,2,7-13H2,1H3/p+2/t17-/m0/s1. The second kappa shape index (κ2) is 7.64. The number of nitrogens with one attached hydrogen (secondary N) is 2. The number of amides is 1. The van der Waals surface area contributed by atoms with Crippen molar-refractivity contribution in [2.45, 2.75) is 11.8 Å². The van der Waals surface area contributed by atoms with Gasteiger partial charge in [0, 0.05) is 13.0 Å². The zero-order chi connectivity index (χ0) is 16.2. The first kappa shape index (κ1) is 16.7. The number of quaternary nitrogens is 2. The average molecular weight is 339 g/mol. The highest BCUT2D eigenvalue weighted by Crippen LogP contribution is 2.38. The maximum atomic E-state index is 13.1. The highest BCUT2D eigenvalue weighted by atomic mass is 32.2. The zero-order valence-electron chi connectivity index (χ0n) is 13.7. The van der Waals surface area contributed by atoms with Crippen LogP contribution in [0.25, 0.3) is 0 Å². The lowest BCUT2D eigenvalue weighted by atomic mass is 10.2. The van der Waals surface area contributed by atoms with Crippen LogP contribution >= 0.6 is 11.8 Å². The van der Waals surface area contributed by atoms with Crippen molar-refractivity contribution < 1.29 is 19.0 Å². The molecule has 0 aromatic heterocycles. The molecule has 1 aromatic rings. The van der Waals surface area contributed by atoms with Crippen LogP contribution in [0.2, 0.25) is 0 Å². The van der Waals surface area contributed by atoms with Crippen molar-refractivity contribution in [3.8, 4) is 0 Å². The maximum absolute atomic E-state index is 13.1. The molecule has 1 amide bonds. The van der Waals surface area contributed by atoms with Crippen molar-refractivity contribution >= 4 is 17.7 Å². The fraction of sp³-hybridized carbons (Fsp3) is 0.588. The molecule has 126 valence electrons. The molecule has 1 aromatic carbocycles. The van der Waals surface area contributed by atoms with Gasteiger partial charge in [-0.2, -0.15) is 0 Å². The predicted molar refractivity (Wildman–Crippen MR) is 90.1 cm³/mol. The van der Waals surface area contributed by atoms with Gasteiger partial charge in [-0.15, -0.1) is 11.8 Å². The average Bonchev–Trinajstić information content (AvgIpc) is 2.91. The van der Waals surface area contributed by atoms with E-state index in [9.17, 15) is 9.18 Å². The van der Waals surface area contributed by atoms with E-state index in [1.807, 2.05) is 4.90 Å². The Bertz CT molecular complexity index is 531. The summed E-state index contributed by atoms with van der Waals surface area (Å²) in [7, 11) is 2.25. The third-order valence-corrected chi connectivity index (χ3v) is 6.12. The Morgan fingerprint density at radius 2 is 1.91 bits per heavy atom. The fourth-order valence-electron chi connectivity index (χ4n) is 3.38. The van der Waals surface area contributed by atoms with Crippen molar-refractivity contribution in [1.82, 2.24) is 4.90 Å². The fourth-order valence-corrected chi connectivity index (χ4v) is 4.60. The molecule has 0 saturated carbocycles. The van der Waals surface area contributed by atoms with E-state index in [-0.39, 0.29) is 17.1 Å². The Balaban J connectivity index is 1.52. The van der Waals surface area contributed by atoms with Gasteiger partial charge in [0.1, 0.15) is 37.4 Å². The maximum Gasteiger partial charge on any atom is 0.233 e. The van der Waals surface area contributed by atoms with Crippen molar-refractivity contribution in [3.63, 3.8) is 0 Å². The number of nitrogens with zero attached hydrogens (tertiary/aromatic N) is 1. The van der Waals surface area contributed by atoms with Crippen LogP contribution in [0.4, 0.5) is 4.39 Å². The lowest BCUT2D eigenvalue weighted by Crippen LogP contribution is -3.27. The summed E-state index contributed by atoms with van der Waals surface area (Å²) in [6.07, 6.45) is 1.04. The van der Waals surface area contributed by atoms with Gasteiger partial charge in [-0.05, 0) is 17.7 Å². The SMILES string of the molecule is C[NH+]1CC[NH+](CCCN2C(=O)CS[C@H]2c2ccc(F)cc2)CC1. The monoisotopic (exact) mass is 339 g/mol. The summed E-state index contributed by atoms with van der Waals surface area (Å²) in [6, 6.07) is 6.56. The van der Waals surface area contributed by atoms with Gasteiger partial charge in [0.25, 0.3) is 0 Å². The van der Waals surface area contributed by atoms with Crippen molar-refractivity contribution in [3.05, 3.63) is 35.6 Å². The highest BCUT2D eigenvalue weighted by Gasteiger charge is 2.32. The summed E-state index contributed by atoms with van der Waals surface area (Å²) in [5.41, 5.74) is 1.03. The molecule has 0 spiro atoms. The molecule has 2 aliphatic rings. The Labute approximate surface area is 141 Å². The molecule has 1 atom stereocenters. The van der Waals surface area contributed by atoms with E-state index in [2.05, 4.69) is 7.05 Å². The van der Waals surface area contributed by atoms with E-state index in [1.54, 1.807) is 33.7 Å². The number of benzene rings is 1. The molecule has 2 aliphatic heterocycles. The lowest BCUT2D eigenvalue weighted by Gasteiger charge is -2.29. The van der Waals surface area contributed by atoms with Crippen molar-refractivity contribution in [1.29, 1.82) is 0 Å². The summed E-state index contributed by atoms with van der Waals surface area (Å²) in [6.45, 7) is 6.89. The topological polar surface area (TPSA) is 29.2 Å². The van der Waals surface area contributed by atoms with E-state index in [4.69, 9.17) is 0 Å². The first-order chi connectivity index (χ1) is 11.1. The van der Waals surface area contributed by atoms with Gasteiger partial charge in [-0.25, -0.2) is 4.39 Å². The second-order valence-electron chi connectivity index (χ2n) is 6.61. The van der Waals surface area contributed by atoms with Gasteiger partial charge < -0.3 is 14.7 Å². The zero-order valence-corrected chi connectivity index (χ0v) is 14.5. The first-order valence-electron chi connectivity index (χ1n) is 8.45. The minimum absolute atomic E-state index is 0.0510. The third-order valence-electron chi connectivity index (χ3n) is 4.86. The molecule has 0 radical (unpaired) electrons. The van der Waals surface area contributed by atoms with E-state index in [0.717, 1.165) is 25.1 Å². The molecule has 4 nitrogen and oxygen atoms in total. The van der Waals surface area contributed by atoms with E-state index < -0.39 is 0 Å². The number of halogens is 1. The number of carbonyl (C=O) groups excluding carboxylic acids is 1. The van der Waals surface area contributed by atoms with Crippen LogP contribution in [-0.4, -0.2) is 62.9 Å². The molecule has 2 N–H and O–H groups in total. The van der Waals surface area contributed by atoms with Crippen LogP contribution in [0.1, 0.15) is 17.4 Å². The minimum atomic E-state index is -0.226. The summed E-state index contributed by atoms with van der Waals surface area (Å²) in [4.78, 5) is 17.4. The van der Waals surface area contributed by atoms with Crippen LogP contribution in [0, 0.1) is 5.82 Å². The second-order valence-corrected chi connectivity index (χ2v) is 7.68. The quantitative estimate of drug-likeness (QED) is 0.736. The summed E-state index contributed by atoms with van der Waals surface area (Å²) >= 11 is 1.65. The molecule has 0 aliphatic carbocycles. The predicted octanol–water partition coefficient (Wildman–Crippen LogP) is -0.797. The minimum Gasteiger partial charge on any atom is -0.328 e. The molecule has 6 heteroatoms. The van der Waals surface area contributed by atoms with Gasteiger partial charge in [0.05, 0.1) is 19.3 Å². The Hall–Kier alpha value is -1.11. The van der Waals surface area contributed by atoms with Gasteiger partial charge in [-0.1, -0.05) is 12.1 Å². The molecule has 0 unspecified atom stereocenters. The molecule has 3 rings (SSSR count). The normalized spacial score (nSPS) is 28.3. The number of carbonyl (C=O) groups is 1. The number of hydrogen-bond acceptors (Lipinski definition) is 2. The van der Waals surface area contributed by atoms with E-state index >= 15 is 0 Å². The Morgan fingerprint density at radius 3 is 2.61 bits per heavy atom. The summed E-state index contributed by atoms with van der Waals surface area (Å²) < 4.78 is 13.1. The molecular formula is C17H26FN3OS+2. The van der Waals surface area contributed by atoms with E-state index in [0.29, 0.717) is 5.75 Å². The number of rotatable bonds is 5. The smallest absolute Gasteiger partial charge is 0.233 e. The van der Waals surface area contributed by atoms with Crippen LogP contribution in [0.3, 0.4) is 0 Å². The third kappa shape index (κ3) is 4.25. The Morgan fingerprint density at radius 1 is 1.22 bits per heavy atom. The van der Waals surface area contributed by atoms with Crippen molar-refractivity contribution in [2.75, 3.05) is 52.1 Å². The molecule has 2 heterocycles. The largest absolute Gasteiger partial charge is 0.328 e. The number of hydrogen-bond donors (Lipinski definition) is 2. The van der Waals surface area contributed by atoms with Crippen LogP contribution < -0.4 is 9.80 Å². The Kier molecular flexibility index (Phi) is 5.56. The van der Waals surface area contributed by atoms with E-state index in [1.165, 1.54) is 38.3 Å². The lowest BCUT2D eigenvalue weighted by molar-refractivity contribution is -1.00. The molecule has 23 heavy (non-hydrogen) atoms. The summed E-state index contributed by atoms with van der Waals surface area (Å²) in [5, 5.41) is 0.0510. The molecule has 0 bridgehead atoms. The molecule has 2 saturated heterocycles. The molecular weight excluding hydrogens is 313 g/mol. The van der Waals surface area contributed by atoms with Gasteiger partial charge in [0.2, 0.25) is 5.91 Å². The first-order valence-corrected chi connectivity index (χ1v) is 9.50. The summed E-state index contributed by atoms with van der Waals surface area (Å²) in [5.74, 6) is 0.518. The van der Waals surface area contributed by atoms with Gasteiger partial charge in [0.15, 0.2) is 0 Å². The number of piperazine rings is 1. The highest BCUT2D eigenvalue weighted by molar-refractivity contribution is 8.00.